The molecule has 0 unspecified atom stereocenters. The number of hydrogen-bond donors (Lipinski definition) is 2. The lowest BCUT2D eigenvalue weighted by molar-refractivity contribution is -0.384. The van der Waals surface area contributed by atoms with E-state index in [2.05, 4.69) is 4.98 Å². The molecule has 0 saturated carbocycles. The first-order valence-corrected chi connectivity index (χ1v) is 11.1. The number of nitrogens with one attached hydrogen (secondary N) is 1. The van der Waals surface area contributed by atoms with Gasteiger partial charge in [-0.3, -0.25) is 29.3 Å². The minimum Gasteiger partial charge on any atom is -0.462 e. The zero-order valence-electron chi connectivity index (χ0n) is 19.5. The van der Waals surface area contributed by atoms with E-state index in [0.717, 1.165) is 23.5 Å². The summed E-state index contributed by atoms with van der Waals surface area (Å²) in [5.41, 5.74) is 3.55. The van der Waals surface area contributed by atoms with Gasteiger partial charge in [0.2, 0.25) is 0 Å². The number of carbonyl (C=O) groups is 2. The minimum atomic E-state index is -0.851. The zero-order valence-corrected chi connectivity index (χ0v) is 19.5. The minimum absolute atomic E-state index is 0.0403. The van der Waals surface area contributed by atoms with E-state index in [1.54, 1.807) is 6.92 Å². The smallest absolute Gasteiger partial charge is 0.338 e. The third-order valence-electron chi connectivity index (χ3n) is 5.09. The van der Waals surface area contributed by atoms with Crippen LogP contribution in [0.3, 0.4) is 0 Å². The second-order valence-corrected chi connectivity index (χ2v) is 7.55. The van der Waals surface area contributed by atoms with Crippen molar-refractivity contribution in [3.63, 3.8) is 0 Å². The van der Waals surface area contributed by atoms with Crippen LogP contribution in [0.5, 0.6) is 0 Å². The fourth-order valence-electron chi connectivity index (χ4n) is 3.34. The number of nitrogen functional groups attached to an aromatic ring is 1. The number of esters is 1. The van der Waals surface area contributed by atoms with E-state index < -0.39 is 33.7 Å². The van der Waals surface area contributed by atoms with Crippen LogP contribution in [-0.2, 0) is 11.3 Å². The van der Waals surface area contributed by atoms with Crippen molar-refractivity contribution in [1.29, 1.82) is 0 Å². The van der Waals surface area contributed by atoms with E-state index in [-0.39, 0.29) is 42.3 Å². The summed E-state index contributed by atoms with van der Waals surface area (Å²) in [5, 5.41) is 11.4. The summed E-state index contributed by atoms with van der Waals surface area (Å²) in [7, 11) is 0. The van der Waals surface area contributed by atoms with Gasteiger partial charge in [-0.2, -0.15) is 0 Å². The van der Waals surface area contributed by atoms with Crippen LogP contribution in [0.4, 0.5) is 17.2 Å². The van der Waals surface area contributed by atoms with Gasteiger partial charge in [-0.05, 0) is 25.8 Å². The summed E-state index contributed by atoms with van der Waals surface area (Å²) >= 11 is 0. The fraction of sp³-hybridized carbons (Fsp3) is 0.455. The van der Waals surface area contributed by atoms with Crippen LogP contribution in [0, 0.1) is 10.1 Å². The molecule has 184 valence electrons. The van der Waals surface area contributed by atoms with E-state index in [1.165, 1.54) is 10.6 Å². The van der Waals surface area contributed by atoms with Gasteiger partial charge >= 0.3 is 11.7 Å². The molecule has 0 atom stereocenters. The molecule has 12 nitrogen and oxygen atoms in total. The molecule has 0 spiro atoms. The molecule has 0 aliphatic rings. The Labute approximate surface area is 195 Å². The number of aromatic amines is 1. The number of anilines is 2. The number of ether oxygens (including phenoxy) is 1. The van der Waals surface area contributed by atoms with E-state index in [1.807, 2.05) is 13.8 Å². The van der Waals surface area contributed by atoms with Crippen LogP contribution < -0.4 is 21.9 Å². The Morgan fingerprint density at radius 1 is 1.12 bits per heavy atom. The number of nitrogens with two attached hydrogens (primary N) is 1. The largest absolute Gasteiger partial charge is 0.462 e. The number of carbonyl (C=O) groups excluding carboxylic acids is 2. The van der Waals surface area contributed by atoms with Crippen LogP contribution in [0.1, 0.15) is 67.2 Å². The lowest BCUT2D eigenvalue weighted by Crippen LogP contribution is -2.41. The monoisotopic (exact) mass is 475 g/mol. The Balaban J connectivity index is 2.69. The van der Waals surface area contributed by atoms with Crippen LogP contribution in [-0.4, -0.2) is 39.5 Å². The SMILES string of the molecule is CCCCN(C(=O)c1cc(C(=O)OCC)cc([N+](=O)[O-])c1)c1c(N)n(CCCC)c(=O)[nH]c1=O. The first-order chi connectivity index (χ1) is 16.2. The standard InChI is InChI=1S/C22H29N5O7/c1-4-7-9-25(17-18(23)26(10-8-5-2)22(31)24-19(17)28)20(29)14-11-15(21(30)34-6-3)13-16(12-14)27(32)33/h11-13H,4-10,23H2,1-3H3,(H,24,28,31). The third-order valence-corrected chi connectivity index (χ3v) is 5.09. The predicted molar refractivity (Wildman–Crippen MR) is 126 cm³/mol. The number of H-pyrrole nitrogens is 1. The Kier molecular flexibility index (Phi) is 9.10. The first-order valence-electron chi connectivity index (χ1n) is 11.1. The average molecular weight is 476 g/mol. The van der Waals surface area contributed by atoms with E-state index in [9.17, 15) is 29.3 Å². The highest BCUT2D eigenvalue weighted by molar-refractivity contribution is 6.08. The maximum Gasteiger partial charge on any atom is 0.338 e. The van der Waals surface area contributed by atoms with Gasteiger partial charge < -0.3 is 15.4 Å². The van der Waals surface area contributed by atoms with Gasteiger partial charge in [0, 0.05) is 30.8 Å². The molecule has 1 heterocycles. The lowest BCUT2D eigenvalue weighted by Gasteiger charge is -2.24. The maximum absolute atomic E-state index is 13.5. The molecule has 2 rings (SSSR count). The molecule has 0 bridgehead atoms. The number of nitro groups is 1. The normalized spacial score (nSPS) is 10.7. The van der Waals surface area contributed by atoms with Crippen molar-refractivity contribution >= 4 is 29.1 Å². The molecule has 12 heteroatoms. The number of nitrogens with zero attached hydrogens (tertiary/aromatic N) is 3. The number of amides is 1. The van der Waals surface area contributed by atoms with Crippen LogP contribution in [0.15, 0.2) is 27.8 Å². The van der Waals surface area contributed by atoms with E-state index >= 15 is 0 Å². The van der Waals surface area contributed by atoms with Gasteiger partial charge in [0.15, 0.2) is 5.69 Å². The number of aromatic nitrogens is 2. The Hall–Kier alpha value is -3.96. The number of non-ortho nitro benzene ring substituents is 1. The summed E-state index contributed by atoms with van der Waals surface area (Å²) in [4.78, 5) is 64.7. The average Bonchev–Trinajstić information content (AvgIpc) is 2.80. The van der Waals surface area contributed by atoms with Crippen molar-refractivity contribution in [2.45, 2.75) is 53.0 Å². The van der Waals surface area contributed by atoms with Crippen LogP contribution in [0.2, 0.25) is 0 Å². The van der Waals surface area contributed by atoms with Gasteiger partial charge in [0.1, 0.15) is 5.82 Å². The van der Waals surface area contributed by atoms with Crippen molar-refractivity contribution < 1.29 is 19.2 Å². The molecule has 1 aromatic heterocycles. The van der Waals surface area contributed by atoms with Crippen molar-refractivity contribution in [3.8, 4) is 0 Å². The molecular formula is C22H29N5O7. The highest BCUT2D eigenvalue weighted by Gasteiger charge is 2.27. The van der Waals surface area contributed by atoms with E-state index in [0.29, 0.717) is 19.3 Å². The topological polar surface area (TPSA) is 171 Å². The molecule has 3 N–H and O–H groups in total. The summed E-state index contributed by atoms with van der Waals surface area (Å²) in [6, 6.07) is 3.20. The second-order valence-electron chi connectivity index (χ2n) is 7.55. The Morgan fingerprint density at radius 2 is 1.76 bits per heavy atom. The highest BCUT2D eigenvalue weighted by atomic mass is 16.6. The maximum atomic E-state index is 13.5. The number of hydrogen-bond acceptors (Lipinski definition) is 8. The first kappa shape index (κ1) is 26.3. The third kappa shape index (κ3) is 5.88. The lowest BCUT2D eigenvalue weighted by atomic mass is 10.1. The molecule has 2 aromatic rings. The zero-order chi connectivity index (χ0) is 25.4. The molecule has 0 fully saturated rings. The number of benzene rings is 1. The van der Waals surface area contributed by atoms with Crippen molar-refractivity contribution in [1.82, 2.24) is 9.55 Å². The highest BCUT2D eigenvalue weighted by Crippen LogP contribution is 2.24. The van der Waals surface area contributed by atoms with Gasteiger partial charge in [0.05, 0.1) is 17.1 Å². The van der Waals surface area contributed by atoms with Crippen molar-refractivity contribution in [2.24, 2.45) is 0 Å². The van der Waals surface area contributed by atoms with Gasteiger partial charge in [-0.1, -0.05) is 26.7 Å². The van der Waals surface area contributed by atoms with Crippen LogP contribution >= 0.6 is 0 Å². The van der Waals surface area contributed by atoms with Gasteiger partial charge in [0.25, 0.3) is 17.2 Å². The Bertz CT molecular complexity index is 1190. The number of rotatable bonds is 11. The summed E-state index contributed by atoms with van der Waals surface area (Å²) in [6.07, 6.45) is 2.54. The molecule has 1 amide bonds. The van der Waals surface area contributed by atoms with E-state index in [4.69, 9.17) is 10.5 Å². The molecule has 0 aliphatic heterocycles. The van der Waals surface area contributed by atoms with Crippen molar-refractivity contribution in [2.75, 3.05) is 23.8 Å². The second kappa shape index (κ2) is 11.8. The Morgan fingerprint density at radius 3 is 2.35 bits per heavy atom. The number of unbranched alkanes of at least 4 members (excludes halogenated alkanes) is 2. The van der Waals surface area contributed by atoms with Gasteiger partial charge in [-0.25, -0.2) is 9.59 Å². The number of nitro benzene ring substituents is 1. The fourth-order valence-corrected chi connectivity index (χ4v) is 3.34. The summed E-state index contributed by atoms with van der Waals surface area (Å²) in [5.74, 6) is -1.78. The molecule has 0 radical (unpaired) electrons. The van der Waals surface area contributed by atoms with Crippen LogP contribution in [0.25, 0.3) is 0 Å². The van der Waals surface area contributed by atoms with Crippen molar-refractivity contribution in [3.05, 3.63) is 60.3 Å². The quantitative estimate of drug-likeness (QED) is 0.283. The molecule has 0 saturated heterocycles. The molecule has 1 aromatic carbocycles. The molecule has 34 heavy (non-hydrogen) atoms. The molecule has 0 aliphatic carbocycles. The molecular weight excluding hydrogens is 446 g/mol. The summed E-state index contributed by atoms with van der Waals surface area (Å²) in [6.45, 7) is 5.73. The van der Waals surface area contributed by atoms with Gasteiger partial charge in [-0.15, -0.1) is 0 Å². The summed E-state index contributed by atoms with van der Waals surface area (Å²) < 4.78 is 6.10. The predicted octanol–water partition coefficient (Wildman–Crippen LogP) is 2.45.